The first kappa shape index (κ1) is 13.8. The maximum Gasteiger partial charge on any atom is 0.160 e. The summed E-state index contributed by atoms with van der Waals surface area (Å²) in [7, 11) is 0. The van der Waals surface area contributed by atoms with Crippen molar-refractivity contribution in [1.82, 2.24) is 4.98 Å². The highest BCUT2D eigenvalue weighted by Gasteiger charge is 2.15. The number of nitrogens with two attached hydrogens (primary N) is 1. The summed E-state index contributed by atoms with van der Waals surface area (Å²) in [6.45, 7) is 2.55. The van der Waals surface area contributed by atoms with Crippen LogP contribution in [0.15, 0.2) is 33.3 Å². The van der Waals surface area contributed by atoms with E-state index in [2.05, 4.69) is 43.8 Å². The van der Waals surface area contributed by atoms with Gasteiger partial charge in [-0.05, 0) is 34.5 Å². The molecule has 0 saturated carbocycles. The van der Waals surface area contributed by atoms with Gasteiger partial charge in [-0.1, -0.05) is 28.9 Å². The SMILES string of the molecule is CCC(CN)Oc1c(Br)cc(Br)c2cccnc12. The number of aromatic nitrogens is 1. The average molecular weight is 374 g/mol. The highest BCUT2D eigenvalue weighted by atomic mass is 79.9. The van der Waals surface area contributed by atoms with Crippen LogP contribution in [0.2, 0.25) is 0 Å². The Morgan fingerprint density at radius 2 is 2.17 bits per heavy atom. The van der Waals surface area contributed by atoms with Gasteiger partial charge in [0.05, 0.1) is 4.47 Å². The van der Waals surface area contributed by atoms with Crippen LogP contribution in [0, 0.1) is 0 Å². The molecule has 1 aromatic carbocycles. The zero-order chi connectivity index (χ0) is 13.1. The maximum absolute atomic E-state index is 5.96. The van der Waals surface area contributed by atoms with Gasteiger partial charge in [-0.15, -0.1) is 0 Å². The average Bonchev–Trinajstić information content (AvgIpc) is 2.39. The fraction of sp³-hybridized carbons (Fsp3) is 0.308. The van der Waals surface area contributed by atoms with Gasteiger partial charge in [0.25, 0.3) is 0 Å². The van der Waals surface area contributed by atoms with Crippen molar-refractivity contribution in [3.63, 3.8) is 0 Å². The fourth-order valence-corrected chi connectivity index (χ4v) is 3.09. The van der Waals surface area contributed by atoms with E-state index in [1.807, 2.05) is 18.2 Å². The molecule has 18 heavy (non-hydrogen) atoms. The Labute approximate surface area is 123 Å². The van der Waals surface area contributed by atoms with Gasteiger partial charge in [0.1, 0.15) is 11.6 Å². The van der Waals surface area contributed by atoms with Crippen LogP contribution in [0.4, 0.5) is 0 Å². The van der Waals surface area contributed by atoms with Crippen LogP contribution in [-0.4, -0.2) is 17.6 Å². The molecule has 1 unspecified atom stereocenters. The number of ether oxygens (including phenoxy) is 1. The van der Waals surface area contributed by atoms with Crippen LogP contribution >= 0.6 is 31.9 Å². The van der Waals surface area contributed by atoms with Gasteiger partial charge in [0.15, 0.2) is 5.75 Å². The van der Waals surface area contributed by atoms with Crippen molar-refractivity contribution < 1.29 is 4.74 Å². The number of hydrogen-bond acceptors (Lipinski definition) is 3. The van der Waals surface area contributed by atoms with E-state index in [0.717, 1.165) is 32.0 Å². The van der Waals surface area contributed by atoms with E-state index in [1.54, 1.807) is 6.20 Å². The summed E-state index contributed by atoms with van der Waals surface area (Å²) in [6, 6.07) is 5.89. The van der Waals surface area contributed by atoms with E-state index in [0.29, 0.717) is 6.54 Å². The molecule has 1 atom stereocenters. The summed E-state index contributed by atoms with van der Waals surface area (Å²) >= 11 is 7.05. The number of pyridine rings is 1. The van der Waals surface area contributed by atoms with E-state index in [4.69, 9.17) is 10.5 Å². The Bertz CT molecular complexity index is 556. The Kier molecular flexibility index (Phi) is 4.59. The maximum atomic E-state index is 5.96. The molecule has 0 aliphatic rings. The van der Waals surface area contributed by atoms with Crippen LogP contribution in [0.5, 0.6) is 5.75 Å². The molecular weight excluding hydrogens is 360 g/mol. The normalized spacial score (nSPS) is 12.7. The van der Waals surface area contributed by atoms with Gasteiger partial charge < -0.3 is 10.5 Å². The molecule has 3 nitrogen and oxygen atoms in total. The first-order valence-electron chi connectivity index (χ1n) is 5.76. The molecular formula is C13H14Br2N2O. The third kappa shape index (κ3) is 2.68. The number of rotatable bonds is 4. The van der Waals surface area contributed by atoms with Crippen LogP contribution in [-0.2, 0) is 0 Å². The fourth-order valence-electron chi connectivity index (χ4n) is 1.72. The summed E-state index contributed by atoms with van der Waals surface area (Å²) in [4.78, 5) is 4.40. The number of benzene rings is 1. The van der Waals surface area contributed by atoms with Crippen LogP contribution in [0.3, 0.4) is 0 Å². The Morgan fingerprint density at radius 1 is 1.39 bits per heavy atom. The van der Waals surface area contributed by atoms with Gasteiger partial charge >= 0.3 is 0 Å². The predicted molar refractivity (Wildman–Crippen MR) is 80.9 cm³/mol. The molecule has 0 saturated heterocycles. The molecule has 5 heteroatoms. The van der Waals surface area contributed by atoms with E-state index in [1.165, 1.54) is 0 Å². The van der Waals surface area contributed by atoms with Crippen LogP contribution in [0.25, 0.3) is 10.9 Å². The van der Waals surface area contributed by atoms with Crippen molar-refractivity contribution in [2.75, 3.05) is 6.54 Å². The Morgan fingerprint density at radius 3 is 2.83 bits per heavy atom. The number of fused-ring (bicyclic) bond motifs is 1. The lowest BCUT2D eigenvalue weighted by Gasteiger charge is -2.18. The smallest absolute Gasteiger partial charge is 0.160 e. The van der Waals surface area contributed by atoms with Crippen molar-refractivity contribution in [1.29, 1.82) is 0 Å². The molecule has 1 heterocycles. The Hall–Kier alpha value is -0.650. The van der Waals surface area contributed by atoms with E-state index in [-0.39, 0.29) is 6.10 Å². The molecule has 96 valence electrons. The zero-order valence-corrected chi connectivity index (χ0v) is 13.2. The minimum atomic E-state index is 0.00711. The summed E-state index contributed by atoms with van der Waals surface area (Å²) in [5.41, 5.74) is 6.52. The monoisotopic (exact) mass is 372 g/mol. The van der Waals surface area contributed by atoms with E-state index in [9.17, 15) is 0 Å². The second-order valence-corrected chi connectivity index (χ2v) is 5.66. The molecule has 2 rings (SSSR count). The van der Waals surface area contributed by atoms with Crippen molar-refractivity contribution >= 4 is 42.8 Å². The second-order valence-electron chi connectivity index (χ2n) is 3.95. The largest absolute Gasteiger partial charge is 0.486 e. The second kappa shape index (κ2) is 5.99. The first-order valence-corrected chi connectivity index (χ1v) is 7.35. The number of halogens is 2. The standard InChI is InChI=1S/C13H14Br2N2O/c1-2-8(7-16)18-13-11(15)6-10(14)9-4-3-5-17-12(9)13/h3-6,8H,2,7,16H2,1H3. The summed E-state index contributed by atoms with van der Waals surface area (Å²) in [5.74, 6) is 0.756. The predicted octanol–water partition coefficient (Wildman–Crippen LogP) is 3.88. The number of nitrogens with zero attached hydrogens (tertiary/aromatic N) is 1. The molecule has 0 radical (unpaired) electrons. The molecule has 2 aromatic rings. The van der Waals surface area contributed by atoms with Crippen molar-refractivity contribution in [3.05, 3.63) is 33.3 Å². The highest BCUT2D eigenvalue weighted by Crippen LogP contribution is 2.37. The molecule has 1 aromatic heterocycles. The molecule has 0 bridgehead atoms. The van der Waals surface area contributed by atoms with Crippen LogP contribution in [0.1, 0.15) is 13.3 Å². The molecule has 0 aliphatic carbocycles. The molecule has 0 aliphatic heterocycles. The van der Waals surface area contributed by atoms with Crippen molar-refractivity contribution in [2.24, 2.45) is 5.73 Å². The summed E-state index contributed by atoms with van der Waals surface area (Å²) in [5, 5.41) is 1.03. The molecule has 2 N–H and O–H groups in total. The number of hydrogen-bond donors (Lipinski definition) is 1. The van der Waals surface area contributed by atoms with Crippen molar-refractivity contribution in [2.45, 2.75) is 19.4 Å². The lowest BCUT2D eigenvalue weighted by Crippen LogP contribution is -2.26. The topological polar surface area (TPSA) is 48.1 Å². The van der Waals surface area contributed by atoms with E-state index >= 15 is 0 Å². The van der Waals surface area contributed by atoms with Gasteiger partial charge in [-0.3, -0.25) is 4.98 Å². The first-order chi connectivity index (χ1) is 8.67. The van der Waals surface area contributed by atoms with Gasteiger partial charge in [-0.2, -0.15) is 0 Å². The summed E-state index contributed by atoms with van der Waals surface area (Å²) < 4.78 is 7.83. The van der Waals surface area contributed by atoms with Gasteiger partial charge in [0.2, 0.25) is 0 Å². The van der Waals surface area contributed by atoms with Gasteiger partial charge in [0, 0.05) is 22.6 Å². The van der Waals surface area contributed by atoms with Gasteiger partial charge in [-0.25, -0.2) is 0 Å². The van der Waals surface area contributed by atoms with E-state index < -0.39 is 0 Å². The lowest BCUT2D eigenvalue weighted by molar-refractivity contribution is 0.206. The minimum absolute atomic E-state index is 0.00711. The molecule has 0 fully saturated rings. The zero-order valence-electron chi connectivity index (χ0n) is 9.99. The molecule has 0 amide bonds. The molecule has 0 spiro atoms. The van der Waals surface area contributed by atoms with Crippen molar-refractivity contribution in [3.8, 4) is 5.75 Å². The third-order valence-electron chi connectivity index (χ3n) is 2.75. The quantitative estimate of drug-likeness (QED) is 0.884. The van der Waals surface area contributed by atoms with Crippen LogP contribution < -0.4 is 10.5 Å². The minimum Gasteiger partial charge on any atom is -0.486 e. The third-order valence-corrected chi connectivity index (χ3v) is 4.00. The highest BCUT2D eigenvalue weighted by molar-refractivity contribution is 9.11. The lowest BCUT2D eigenvalue weighted by atomic mass is 10.2. The Balaban J connectivity index is 2.55. The summed E-state index contributed by atoms with van der Waals surface area (Å²) in [6.07, 6.45) is 2.64.